The standard InChI is InChI=1S/C8H10Cl2O2/c1-5(2)8(3-6(9)10)4-7(11)12-8/h3,5H,4H2,1-2H3. The molecule has 0 N–H and O–H groups in total. The molecule has 4 heteroatoms. The van der Waals surface area contributed by atoms with Crippen LogP contribution in [0.25, 0.3) is 0 Å². The van der Waals surface area contributed by atoms with E-state index in [4.69, 9.17) is 27.9 Å². The fourth-order valence-electron chi connectivity index (χ4n) is 1.18. The van der Waals surface area contributed by atoms with Gasteiger partial charge in [-0.25, -0.2) is 0 Å². The Morgan fingerprint density at radius 2 is 2.17 bits per heavy atom. The van der Waals surface area contributed by atoms with E-state index in [9.17, 15) is 4.79 Å². The van der Waals surface area contributed by atoms with E-state index in [0.717, 1.165) is 0 Å². The molecule has 0 aliphatic carbocycles. The van der Waals surface area contributed by atoms with Gasteiger partial charge in [0.25, 0.3) is 0 Å². The van der Waals surface area contributed by atoms with Gasteiger partial charge in [0.2, 0.25) is 0 Å². The molecule has 0 aromatic carbocycles. The highest BCUT2D eigenvalue weighted by Crippen LogP contribution is 2.38. The monoisotopic (exact) mass is 208 g/mol. The topological polar surface area (TPSA) is 26.3 Å². The lowest BCUT2D eigenvalue weighted by molar-refractivity contribution is -0.189. The van der Waals surface area contributed by atoms with Crippen molar-refractivity contribution in [1.29, 1.82) is 0 Å². The minimum Gasteiger partial charge on any atom is -0.454 e. The normalized spacial score (nSPS) is 27.9. The van der Waals surface area contributed by atoms with Crippen molar-refractivity contribution in [2.24, 2.45) is 5.92 Å². The molecule has 2 nitrogen and oxygen atoms in total. The molecule has 1 rings (SSSR count). The summed E-state index contributed by atoms with van der Waals surface area (Å²) < 4.78 is 5.16. The molecular formula is C8H10Cl2O2. The van der Waals surface area contributed by atoms with Gasteiger partial charge in [0.1, 0.15) is 10.1 Å². The molecule has 0 aromatic rings. The minimum absolute atomic E-state index is 0.149. The predicted molar refractivity (Wildman–Crippen MR) is 48.1 cm³/mol. The number of rotatable bonds is 2. The Kier molecular flexibility index (Phi) is 2.69. The van der Waals surface area contributed by atoms with Gasteiger partial charge in [-0.1, -0.05) is 37.0 Å². The molecule has 0 amide bonds. The van der Waals surface area contributed by atoms with Crippen molar-refractivity contribution >= 4 is 29.2 Å². The van der Waals surface area contributed by atoms with Gasteiger partial charge in [0.05, 0.1) is 6.42 Å². The Bertz CT molecular complexity index is 221. The molecule has 0 spiro atoms. The Hall–Kier alpha value is -0.210. The van der Waals surface area contributed by atoms with Gasteiger partial charge in [-0.05, 0) is 12.0 Å². The van der Waals surface area contributed by atoms with Crippen molar-refractivity contribution in [3.8, 4) is 0 Å². The van der Waals surface area contributed by atoms with Crippen LogP contribution in [0.3, 0.4) is 0 Å². The second kappa shape index (κ2) is 3.27. The molecule has 12 heavy (non-hydrogen) atoms. The number of cyclic esters (lactones) is 1. The van der Waals surface area contributed by atoms with Crippen molar-refractivity contribution in [2.45, 2.75) is 25.9 Å². The maximum atomic E-state index is 10.7. The van der Waals surface area contributed by atoms with E-state index >= 15 is 0 Å². The minimum atomic E-state index is -0.560. The molecule has 1 atom stereocenters. The third kappa shape index (κ3) is 1.75. The summed E-state index contributed by atoms with van der Waals surface area (Å²) in [4.78, 5) is 10.7. The number of hydrogen-bond acceptors (Lipinski definition) is 2. The zero-order chi connectivity index (χ0) is 9.35. The summed E-state index contributed by atoms with van der Waals surface area (Å²) >= 11 is 11.0. The molecule has 1 aliphatic heterocycles. The van der Waals surface area contributed by atoms with E-state index in [2.05, 4.69) is 0 Å². The third-order valence-corrected chi connectivity index (χ3v) is 2.27. The van der Waals surface area contributed by atoms with Gasteiger partial charge in [-0.15, -0.1) is 0 Å². The lowest BCUT2D eigenvalue weighted by atomic mass is 9.83. The summed E-state index contributed by atoms with van der Waals surface area (Å²) in [6.07, 6.45) is 1.95. The van der Waals surface area contributed by atoms with Crippen LogP contribution in [0.15, 0.2) is 10.6 Å². The summed E-state index contributed by atoms with van der Waals surface area (Å²) in [6, 6.07) is 0. The Morgan fingerprint density at radius 1 is 1.67 bits per heavy atom. The highest BCUT2D eigenvalue weighted by atomic mass is 35.5. The number of carbonyl (C=O) groups excluding carboxylic acids is 1. The van der Waals surface area contributed by atoms with Crippen LogP contribution >= 0.6 is 23.2 Å². The van der Waals surface area contributed by atoms with Gasteiger partial charge < -0.3 is 4.74 Å². The van der Waals surface area contributed by atoms with Gasteiger partial charge in [-0.2, -0.15) is 0 Å². The van der Waals surface area contributed by atoms with Crippen molar-refractivity contribution in [3.05, 3.63) is 10.6 Å². The maximum absolute atomic E-state index is 10.7. The molecule has 0 radical (unpaired) electrons. The first-order valence-corrected chi connectivity index (χ1v) is 4.47. The quantitative estimate of drug-likeness (QED) is 0.653. The van der Waals surface area contributed by atoms with E-state index in [-0.39, 0.29) is 16.4 Å². The first-order valence-electron chi connectivity index (χ1n) is 3.72. The first kappa shape index (κ1) is 9.87. The molecule has 1 unspecified atom stereocenters. The van der Waals surface area contributed by atoms with Crippen molar-refractivity contribution in [1.82, 2.24) is 0 Å². The average molecular weight is 209 g/mol. The molecule has 1 heterocycles. The number of esters is 1. The largest absolute Gasteiger partial charge is 0.454 e. The van der Waals surface area contributed by atoms with E-state index in [0.29, 0.717) is 6.42 Å². The van der Waals surface area contributed by atoms with Crippen molar-refractivity contribution < 1.29 is 9.53 Å². The van der Waals surface area contributed by atoms with Crippen LogP contribution < -0.4 is 0 Å². The Balaban J connectivity index is 2.77. The SMILES string of the molecule is CC(C)C1(C=C(Cl)Cl)CC(=O)O1. The Morgan fingerprint density at radius 3 is 2.42 bits per heavy atom. The summed E-state index contributed by atoms with van der Waals surface area (Å²) in [5.74, 6) is -0.00256. The molecule has 1 saturated heterocycles. The summed E-state index contributed by atoms with van der Waals surface area (Å²) in [5, 5.41) is 0. The first-order chi connectivity index (χ1) is 5.46. The average Bonchev–Trinajstić information content (AvgIpc) is 1.81. The highest BCUT2D eigenvalue weighted by molar-refractivity contribution is 6.55. The van der Waals surface area contributed by atoms with Gasteiger partial charge in [0.15, 0.2) is 0 Å². The molecule has 0 aromatic heterocycles. The van der Waals surface area contributed by atoms with E-state index in [1.54, 1.807) is 6.08 Å². The molecule has 0 saturated carbocycles. The summed E-state index contributed by atoms with van der Waals surface area (Å²) in [7, 11) is 0. The molecular weight excluding hydrogens is 199 g/mol. The van der Waals surface area contributed by atoms with Crippen molar-refractivity contribution in [2.75, 3.05) is 0 Å². The second-order valence-corrected chi connectivity index (χ2v) is 4.20. The predicted octanol–water partition coefficient (Wildman–Crippen LogP) is 2.65. The molecule has 68 valence electrons. The van der Waals surface area contributed by atoms with Crippen LogP contribution in [0.4, 0.5) is 0 Å². The molecule has 0 bridgehead atoms. The zero-order valence-electron chi connectivity index (χ0n) is 6.93. The fourth-order valence-corrected chi connectivity index (χ4v) is 1.55. The van der Waals surface area contributed by atoms with Gasteiger partial charge >= 0.3 is 5.97 Å². The Labute approximate surface area is 81.5 Å². The van der Waals surface area contributed by atoms with E-state index < -0.39 is 5.60 Å². The highest BCUT2D eigenvalue weighted by Gasteiger charge is 2.47. The number of hydrogen-bond donors (Lipinski definition) is 0. The van der Waals surface area contributed by atoms with E-state index in [1.807, 2.05) is 13.8 Å². The number of ether oxygens (including phenoxy) is 1. The lowest BCUT2D eigenvalue weighted by Crippen LogP contribution is -2.50. The summed E-state index contributed by atoms with van der Waals surface area (Å²) in [6.45, 7) is 3.92. The molecule has 1 aliphatic rings. The van der Waals surface area contributed by atoms with Crippen LogP contribution in [-0.2, 0) is 9.53 Å². The number of halogens is 2. The van der Waals surface area contributed by atoms with Gasteiger partial charge in [0, 0.05) is 0 Å². The molecule has 1 fully saturated rings. The second-order valence-electron chi connectivity index (χ2n) is 3.19. The lowest BCUT2D eigenvalue weighted by Gasteiger charge is -2.41. The van der Waals surface area contributed by atoms with Crippen molar-refractivity contribution in [3.63, 3.8) is 0 Å². The van der Waals surface area contributed by atoms with Crippen LogP contribution in [0.2, 0.25) is 0 Å². The van der Waals surface area contributed by atoms with Crippen LogP contribution in [0.5, 0.6) is 0 Å². The van der Waals surface area contributed by atoms with Crippen LogP contribution in [-0.4, -0.2) is 11.6 Å². The zero-order valence-corrected chi connectivity index (χ0v) is 8.45. The third-order valence-electron chi connectivity index (χ3n) is 2.06. The maximum Gasteiger partial charge on any atom is 0.311 e. The smallest absolute Gasteiger partial charge is 0.311 e. The summed E-state index contributed by atoms with van der Waals surface area (Å²) in [5.41, 5.74) is -0.560. The number of carbonyl (C=O) groups is 1. The van der Waals surface area contributed by atoms with E-state index in [1.165, 1.54) is 0 Å². The van der Waals surface area contributed by atoms with Crippen LogP contribution in [0, 0.1) is 5.92 Å². The van der Waals surface area contributed by atoms with Crippen LogP contribution in [0.1, 0.15) is 20.3 Å². The fraction of sp³-hybridized carbons (Fsp3) is 0.625. The van der Waals surface area contributed by atoms with Gasteiger partial charge in [-0.3, -0.25) is 4.79 Å².